The van der Waals surface area contributed by atoms with Crippen molar-refractivity contribution in [3.05, 3.63) is 78.4 Å². The van der Waals surface area contributed by atoms with Gasteiger partial charge in [0.05, 0.1) is 11.3 Å². The number of nitrogens with two attached hydrogens (primary N) is 1. The number of aromatic carboxylic acids is 1. The number of carbonyl (C=O) groups is 1. The molecule has 3 aromatic rings. The van der Waals surface area contributed by atoms with Crippen LogP contribution in [0.1, 0.15) is 10.4 Å². The number of anilines is 1. The summed E-state index contributed by atoms with van der Waals surface area (Å²) in [4.78, 5) is 10.9. The molecule has 0 heterocycles. The lowest BCUT2D eigenvalue weighted by Crippen LogP contribution is -1.99. The summed E-state index contributed by atoms with van der Waals surface area (Å²) in [6, 6.07) is 22.1. The van der Waals surface area contributed by atoms with E-state index in [1.165, 1.54) is 12.1 Å². The van der Waals surface area contributed by atoms with E-state index in [-0.39, 0.29) is 11.3 Å². The molecule has 0 saturated carbocycles. The van der Waals surface area contributed by atoms with E-state index in [9.17, 15) is 4.79 Å². The van der Waals surface area contributed by atoms with Crippen molar-refractivity contribution in [3.63, 3.8) is 0 Å². The highest BCUT2D eigenvalue weighted by Crippen LogP contribution is 2.30. The molecule has 0 aliphatic carbocycles. The second-order valence-corrected chi connectivity index (χ2v) is 5.05. The van der Waals surface area contributed by atoms with E-state index in [1.807, 2.05) is 54.6 Å². The van der Waals surface area contributed by atoms with Gasteiger partial charge in [-0.1, -0.05) is 42.5 Å². The number of hydrogen-bond donors (Lipinski definition) is 2. The lowest BCUT2D eigenvalue weighted by Gasteiger charge is -2.10. The maximum atomic E-state index is 10.9. The van der Waals surface area contributed by atoms with Gasteiger partial charge in [-0.25, -0.2) is 4.79 Å². The van der Waals surface area contributed by atoms with E-state index in [0.29, 0.717) is 11.5 Å². The minimum absolute atomic E-state index is 0.134. The van der Waals surface area contributed by atoms with Gasteiger partial charge in [0.15, 0.2) is 0 Å². The fraction of sp³-hybridized carbons (Fsp3) is 0. The second kappa shape index (κ2) is 6.23. The maximum Gasteiger partial charge on any atom is 0.335 e. The summed E-state index contributed by atoms with van der Waals surface area (Å²) in [7, 11) is 0. The second-order valence-electron chi connectivity index (χ2n) is 5.05. The van der Waals surface area contributed by atoms with Gasteiger partial charge in [0.1, 0.15) is 11.5 Å². The van der Waals surface area contributed by atoms with Gasteiger partial charge < -0.3 is 15.6 Å². The van der Waals surface area contributed by atoms with Crippen molar-refractivity contribution in [3.8, 4) is 22.6 Å². The molecule has 23 heavy (non-hydrogen) atoms. The van der Waals surface area contributed by atoms with Gasteiger partial charge >= 0.3 is 5.97 Å². The summed E-state index contributed by atoms with van der Waals surface area (Å²) >= 11 is 0. The third-order valence-corrected chi connectivity index (χ3v) is 3.45. The monoisotopic (exact) mass is 305 g/mol. The summed E-state index contributed by atoms with van der Waals surface area (Å²) < 4.78 is 5.72. The van der Waals surface area contributed by atoms with Gasteiger partial charge in [-0.05, 0) is 41.5 Å². The molecule has 3 rings (SSSR count). The van der Waals surface area contributed by atoms with E-state index >= 15 is 0 Å². The third-order valence-electron chi connectivity index (χ3n) is 3.45. The van der Waals surface area contributed by atoms with Crippen LogP contribution in [-0.2, 0) is 0 Å². The number of hydrogen-bond acceptors (Lipinski definition) is 3. The molecule has 0 amide bonds. The average Bonchev–Trinajstić information content (AvgIpc) is 2.58. The largest absolute Gasteiger partial charge is 0.478 e. The topological polar surface area (TPSA) is 72.6 Å². The number of rotatable bonds is 4. The molecule has 0 aromatic heterocycles. The normalized spacial score (nSPS) is 10.3. The van der Waals surface area contributed by atoms with Crippen molar-refractivity contribution in [1.29, 1.82) is 0 Å². The summed E-state index contributed by atoms with van der Waals surface area (Å²) in [6.45, 7) is 0. The predicted molar refractivity (Wildman–Crippen MR) is 89.8 cm³/mol. The fourth-order valence-corrected chi connectivity index (χ4v) is 2.25. The maximum absolute atomic E-state index is 10.9. The smallest absolute Gasteiger partial charge is 0.335 e. The molecule has 4 heteroatoms. The van der Waals surface area contributed by atoms with Crippen molar-refractivity contribution in [2.24, 2.45) is 0 Å². The molecule has 114 valence electrons. The highest BCUT2D eigenvalue weighted by Gasteiger charge is 2.08. The van der Waals surface area contributed by atoms with Crippen molar-refractivity contribution >= 4 is 11.7 Å². The first kappa shape index (κ1) is 14.7. The molecule has 0 bridgehead atoms. The van der Waals surface area contributed by atoms with Crippen LogP contribution in [-0.4, -0.2) is 11.1 Å². The van der Waals surface area contributed by atoms with E-state index < -0.39 is 5.97 Å². The molecule has 0 spiro atoms. The Morgan fingerprint density at radius 1 is 0.870 bits per heavy atom. The molecule has 3 aromatic carbocycles. The first-order valence-electron chi connectivity index (χ1n) is 7.09. The lowest BCUT2D eigenvalue weighted by molar-refractivity contribution is 0.0697. The van der Waals surface area contributed by atoms with Crippen LogP contribution in [0.3, 0.4) is 0 Å². The first-order chi connectivity index (χ1) is 11.1. The van der Waals surface area contributed by atoms with Crippen LogP contribution in [0.15, 0.2) is 72.8 Å². The Bertz CT molecular complexity index is 827. The average molecular weight is 305 g/mol. The Morgan fingerprint density at radius 2 is 1.52 bits per heavy atom. The van der Waals surface area contributed by atoms with Crippen LogP contribution in [0, 0.1) is 0 Å². The lowest BCUT2D eigenvalue weighted by atomic mass is 10.1. The molecule has 0 fully saturated rings. The van der Waals surface area contributed by atoms with Crippen LogP contribution < -0.4 is 10.5 Å². The zero-order chi connectivity index (χ0) is 16.2. The van der Waals surface area contributed by atoms with Crippen LogP contribution in [0.4, 0.5) is 5.69 Å². The number of carboxylic acids is 1. The van der Waals surface area contributed by atoms with E-state index in [1.54, 1.807) is 6.07 Å². The summed E-state index contributed by atoms with van der Waals surface area (Å²) in [5.41, 5.74) is 8.48. The van der Waals surface area contributed by atoms with E-state index in [0.717, 1.165) is 11.1 Å². The Hall–Kier alpha value is -3.27. The molecule has 0 aliphatic rings. The van der Waals surface area contributed by atoms with E-state index in [2.05, 4.69) is 0 Å². The Kier molecular flexibility index (Phi) is 3.97. The minimum Gasteiger partial charge on any atom is -0.478 e. The van der Waals surface area contributed by atoms with Crippen LogP contribution >= 0.6 is 0 Å². The van der Waals surface area contributed by atoms with Gasteiger partial charge in [0.25, 0.3) is 0 Å². The summed E-state index contributed by atoms with van der Waals surface area (Å²) in [6.07, 6.45) is 0. The Morgan fingerprint density at radius 3 is 2.13 bits per heavy atom. The number of nitrogen functional groups attached to an aromatic ring is 1. The van der Waals surface area contributed by atoms with Crippen LogP contribution in [0.5, 0.6) is 11.5 Å². The zero-order valence-electron chi connectivity index (χ0n) is 12.3. The minimum atomic E-state index is -1.02. The highest BCUT2D eigenvalue weighted by atomic mass is 16.5. The number of benzene rings is 3. The molecular weight excluding hydrogens is 290 g/mol. The van der Waals surface area contributed by atoms with Crippen molar-refractivity contribution in [2.75, 3.05) is 5.73 Å². The SMILES string of the molecule is Nc1cc(C(=O)O)ccc1Oc1ccc(-c2ccccc2)cc1. The van der Waals surface area contributed by atoms with Crippen molar-refractivity contribution < 1.29 is 14.6 Å². The van der Waals surface area contributed by atoms with Crippen LogP contribution in [0.2, 0.25) is 0 Å². The van der Waals surface area contributed by atoms with Gasteiger partial charge in [-0.3, -0.25) is 0 Å². The van der Waals surface area contributed by atoms with Gasteiger partial charge in [-0.15, -0.1) is 0 Å². The molecule has 0 aliphatic heterocycles. The van der Waals surface area contributed by atoms with Crippen molar-refractivity contribution in [1.82, 2.24) is 0 Å². The molecule has 4 nitrogen and oxygen atoms in total. The highest BCUT2D eigenvalue weighted by molar-refractivity contribution is 5.89. The Labute approximate surface area is 133 Å². The molecular formula is C19H15NO3. The number of ether oxygens (including phenoxy) is 1. The third kappa shape index (κ3) is 3.32. The first-order valence-corrected chi connectivity index (χ1v) is 7.09. The standard InChI is InChI=1S/C19H15NO3/c20-17-12-15(19(21)22)8-11-18(17)23-16-9-6-14(7-10-16)13-4-2-1-3-5-13/h1-12H,20H2,(H,21,22). The van der Waals surface area contributed by atoms with Crippen LogP contribution in [0.25, 0.3) is 11.1 Å². The number of carboxylic acid groups (broad SMARTS) is 1. The van der Waals surface area contributed by atoms with Crippen molar-refractivity contribution in [2.45, 2.75) is 0 Å². The summed E-state index contributed by atoms with van der Waals surface area (Å²) in [5.74, 6) is 0.0531. The Balaban J connectivity index is 1.80. The molecule has 0 radical (unpaired) electrons. The van der Waals surface area contributed by atoms with Gasteiger partial charge in [-0.2, -0.15) is 0 Å². The van der Waals surface area contributed by atoms with Gasteiger partial charge in [0, 0.05) is 0 Å². The molecule has 0 atom stereocenters. The molecule has 0 saturated heterocycles. The fourth-order valence-electron chi connectivity index (χ4n) is 2.25. The molecule has 3 N–H and O–H groups in total. The van der Waals surface area contributed by atoms with E-state index in [4.69, 9.17) is 15.6 Å². The predicted octanol–water partition coefficient (Wildman–Crippen LogP) is 4.43. The summed E-state index contributed by atoms with van der Waals surface area (Å²) in [5, 5.41) is 8.93. The quantitative estimate of drug-likeness (QED) is 0.700. The zero-order valence-corrected chi connectivity index (χ0v) is 12.3. The van der Waals surface area contributed by atoms with Gasteiger partial charge in [0.2, 0.25) is 0 Å². The molecule has 0 unspecified atom stereocenters.